The molecule has 0 fully saturated rings. The molecule has 1 aromatic carbocycles. The van der Waals surface area contributed by atoms with Gasteiger partial charge >= 0.3 is 6.09 Å². The van der Waals surface area contributed by atoms with Crippen molar-refractivity contribution in [2.45, 2.75) is 6.92 Å². The van der Waals surface area contributed by atoms with Gasteiger partial charge in [-0.1, -0.05) is 18.2 Å². The summed E-state index contributed by atoms with van der Waals surface area (Å²) in [6, 6.07) is 6.99. The van der Waals surface area contributed by atoms with Crippen molar-refractivity contribution in [1.82, 2.24) is 4.57 Å². The molecule has 0 aliphatic heterocycles. The predicted molar refractivity (Wildman–Crippen MR) is 72.2 cm³/mol. The van der Waals surface area contributed by atoms with E-state index in [1.807, 2.05) is 0 Å². The topological polar surface area (TPSA) is 100 Å². The zero-order valence-electron chi connectivity index (χ0n) is 10.6. The summed E-state index contributed by atoms with van der Waals surface area (Å²) in [4.78, 5) is 23.9. The molecule has 0 unspecified atom stereocenters. The second kappa shape index (κ2) is 5.11. The van der Waals surface area contributed by atoms with Crippen LogP contribution in [0.15, 0.2) is 24.3 Å². The maximum atomic E-state index is 12.0. The van der Waals surface area contributed by atoms with Gasteiger partial charge in [0.05, 0.1) is 24.4 Å². The van der Waals surface area contributed by atoms with Gasteiger partial charge in [0, 0.05) is 5.39 Å². The SMILES string of the molecule is CCOC(=O)n1c(C(=O)CN)c(N)c2ccccc21. The molecule has 0 aliphatic carbocycles. The molecule has 100 valence electrons. The Balaban J connectivity index is 2.77. The van der Waals surface area contributed by atoms with Crippen molar-refractivity contribution in [3.8, 4) is 0 Å². The molecular weight excluding hydrogens is 246 g/mol. The smallest absolute Gasteiger partial charge is 0.419 e. The number of rotatable bonds is 3. The molecule has 6 nitrogen and oxygen atoms in total. The molecule has 6 heteroatoms. The molecule has 0 aliphatic rings. The zero-order chi connectivity index (χ0) is 14.0. The third-order valence-corrected chi connectivity index (χ3v) is 2.81. The van der Waals surface area contributed by atoms with Crippen LogP contribution in [0.5, 0.6) is 0 Å². The van der Waals surface area contributed by atoms with Crippen molar-refractivity contribution < 1.29 is 14.3 Å². The minimum Gasteiger partial charge on any atom is -0.449 e. The average molecular weight is 261 g/mol. The van der Waals surface area contributed by atoms with E-state index in [4.69, 9.17) is 16.2 Å². The van der Waals surface area contributed by atoms with Gasteiger partial charge in [-0.2, -0.15) is 0 Å². The van der Waals surface area contributed by atoms with Crippen LogP contribution in [0.2, 0.25) is 0 Å². The molecular formula is C13H15N3O3. The van der Waals surface area contributed by atoms with Gasteiger partial charge in [0.25, 0.3) is 0 Å². The molecule has 0 spiro atoms. The van der Waals surface area contributed by atoms with Gasteiger partial charge in [-0.3, -0.25) is 4.79 Å². The maximum absolute atomic E-state index is 12.0. The normalized spacial score (nSPS) is 10.6. The van der Waals surface area contributed by atoms with Gasteiger partial charge in [0.2, 0.25) is 0 Å². The number of nitrogens with zero attached hydrogens (tertiary/aromatic N) is 1. The number of para-hydroxylation sites is 1. The molecule has 4 N–H and O–H groups in total. The summed E-state index contributed by atoms with van der Waals surface area (Å²) in [5, 5.41) is 0.632. The number of ketones is 1. The molecule has 0 bridgehead atoms. The number of hydrogen-bond acceptors (Lipinski definition) is 5. The predicted octanol–water partition coefficient (Wildman–Crippen LogP) is 1.37. The van der Waals surface area contributed by atoms with E-state index < -0.39 is 11.9 Å². The van der Waals surface area contributed by atoms with Gasteiger partial charge in [0.15, 0.2) is 5.78 Å². The second-order valence-corrected chi connectivity index (χ2v) is 3.94. The van der Waals surface area contributed by atoms with E-state index in [2.05, 4.69) is 0 Å². The molecule has 0 radical (unpaired) electrons. The first kappa shape index (κ1) is 13.1. The number of carbonyl (C=O) groups excluding carboxylic acids is 2. The monoisotopic (exact) mass is 261 g/mol. The molecule has 0 atom stereocenters. The van der Waals surface area contributed by atoms with Gasteiger partial charge in [-0.25, -0.2) is 9.36 Å². The number of anilines is 1. The lowest BCUT2D eigenvalue weighted by molar-refractivity contribution is 0.0988. The Kier molecular flexibility index (Phi) is 3.52. The van der Waals surface area contributed by atoms with E-state index >= 15 is 0 Å². The van der Waals surface area contributed by atoms with E-state index in [0.29, 0.717) is 10.9 Å². The maximum Gasteiger partial charge on any atom is 0.419 e. The van der Waals surface area contributed by atoms with E-state index in [1.165, 1.54) is 4.57 Å². The first-order valence-electron chi connectivity index (χ1n) is 5.91. The van der Waals surface area contributed by atoms with Crippen molar-refractivity contribution in [2.75, 3.05) is 18.9 Å². The fraction of sp³-hybridized carbons (Fsp3) is 0.231. The number of carbonyl (C=O) groups is 2. The summed E-state index contributed by atoms with van der Waals surface area (Å²) < 4.78 is 6.14. The number of Topliss-reactive ketones (excluding diaryl/α,β-unsaturated/α-hetero) is 1. The van der Waals surface area contributed by atoms with Crippen LogP contribution in [-0.2, 0) is 4.74 Å². The number of hydrogen-bond donors (Lipinski definition) is 2. The number of nitrogen functional groups attached to an aromatic ring is 1. The second-order valence-electron chi connectivity index (χ2n) is 3.94. The minimum atomic E-state index is -0.632. The van der Waals surface area contributed by atoms with E-state index in [-0.39, 0.29) is 24.5 Å². The standard InChI is InChI=1S/C13H15N3O3/c1-2-19-13(18)16-9-6-4-3-5-8(9)11(15)12(16)10(17)7-14/h3-6H,2,7,14-15H2,1H3. The fourth-order valence-corrected chi connectivity index (χ4v) is 2.01. The summed E-state index contributed by atoms with van der Waals surface area (Å²) in [5.74, 6) is -0.401. The zero-order valence-corrected chi connectivity index (χ0v) is 10.6. The Morgan fingerprint density at radius 3 is 2.63 bits per heavy atom. The van der Waals surface area contributed by atoms with Crippen molar-refractivity contribution in [3.63, 3.8) is 0 Å². The molecule has 1 aromatic heterocycles. The quantitative estimate of drug-likeness (QED) is 0.813. The van der Waals surface area contributed by atoms with Crippen LogP contribution in [-0.4, -0.2) is 29.6 Å². The van der Waals surface area contributed by atoms with Crippen LogP contribution in [0.1, 0.15) is 17.4 Å². The number of fused-ring (bicyclic) bond motifs is 1. The summed E-state index contributed by atoms with van der Waals surface area (Å²) in [6.45, 7) is 1.68. The van der Waals surface area contributed by atoms with Gasteiger partial charge in [-0.15, -0.1) is 0 Å². The van der Waals surface area contributed by atoms with Crippen LogP contribution < -0.4 is 11.5 Å². The molecule has 0 saturated heterocycles. The molecule has 2 aromatic rings. The lowest BCUT2D eigenvalue weighted by Crippen LogP contribution is -2.23. The Labute approximate surface area is 109 Å². The summed E-state index contributed by atoms with van der Waals surface area (Å²) in [5.41, 5.74) is 12.2. The Morgan fingerprint density at radius 2 is 2.00 bits per heavy atom. The third kappa shape index (κ3) is 2.06. The highest BCUT2D eigenvalue weighted by Crippen LogP contribution is 2.28. The molecule has 19 heavy (non-hydrogen) atoms. The van der Waals surface area contributed by atoms with Crippen molar-refractivity contribution in [3.05, 3.63) is 30.0 Å². The van der Waals surface area contributed by atoms with Gasteiger partial charge in [0.1, 0.15) is 5.69 Å². The first-order valence-corrected chi connectivity index (χ1v) is 5.91. The Bertz CT molecular complexity index is 646. The number of nitrogens with two attached hydrogens (primary N) is 2. The van der Waals surface area contributed by atoms with Crippen LogP contribution >= 0.6 is 0 Å². The fourth-order valence-electron chi connectivity index (χ4n) is 2.01. The largest absolute Gasteiger partial charge is 0.449 e. The highest BCUT2D eigenvalue weighted by atomic mass is 16.5. The van der Waals surface area contributed by atoms with Crippen molar-refractivity contribution in [2.24, 2.45) is 5.73 Å². The highest BCUT2D eigenvalue weighted by molar-refractivity contribution is 6.13. The first-order chi connectivity index (χ1) is 9.11. The van der Waals surface area contributed by atoms with E-state index in [1.54, 1.807) is 31.2 Å². The van der Waals surface area contributed by atoms with Crippen LogP contribution in [0.25, 0.3) is 10.9 Å². The molecule has 2 rings (SSSR count). The number of aromatic nitrogens is 1. The van der Waals surface area contributed by atoms with Crippen molar-refractivity contribution >= 4 is 28.5 Å². The van der Waals surface area contributed by atoms with Gasteiger partial charge < -0.3 is 16.2 Å². The molecule has 1 heterocycles. The van der Waals surface area contributed by atoms with Crippen LogP contribution in [0, 0.1) is 0 Å². The third-order valence-electron chi connectivity index (χ3n) is 2.81. The van der Waals surface area contributed by atoms with Crippen molar-refractivity contribution in [1.29, 1.82) is 0 Å². The van der Waals surface area contributed by atoms with Gasteiger partial charge in [-0.05, 0) is 13.0 Å². The average Bonchev–Trinajstić information content (AvgIpc) is 2.72. The van der Waals surface area contributed by atoms with Crippen LogP contribution in [0.3, 0.4) is 0 Å². The highest BCUT2D eigenvalue weighted by Gasteiger charge is 2.24. The summed E-state index contributed by atoms with van der Waals surface area (Å²) in [7, 11) is 0. The molecule has 0 amide bonds. The minimum absolute atomic E-state index is 0.0853. The van der Waals surface area contributed by atoms with E-state index in [9.17, 15) is 9.59 Å². The lowest BCUT2D eigenvalue weighted by atomic mass is 10.2. The lowest BCUT2D eigenvalue weighted by Gasteiger charge is -2.08. The summed E-state index contributed by atoms with van der Waals surface area (Å²) in [6.07, 6.45) is -0.632. The number of benzene rings is 1. The Hall–Kier alpha value is -2.34. The van der Waals surface area contributed by atoms with E-state index in [0.717, 1.165) is 0 Å². The summed E-state index contributed by atoms with van der Waals surface area (Å²) >= 11 is 0. The molecule has 0 saturated carbocycles. The Morgan fingerprint density at radius 1 is 1.32 bits per heavy atom. The number of ether oxygens (including phenoxy) is 1. The van der Waals surface area contributed by atoms with Crippen LogP contribution in [0.4, 0.5) is 10.5 Å².